The summed E-state index contributed by atoms with van der Waals surface area (Å²) < 4.78 is 124. The predicted octanol–water partition coefficient (Wildman–Crippen LogP) is 7.29. The lowest BCUT2D eigenvalue weighted by atomic mass is 9.84. The first kappa shape index (κ1) is 24.8. The predicted molar refractivity (Wildman–Crippen MR) is 96.5 cm³/mol. The lowest BCUT2D eigenvalue weighted by Gasteiger charge is -2.36. The fourth-order valence-corrected chi connectivity index (χ4v) is 2.78. The Bertz CT molecular complexity index is 990. The molecule has 0 fully saturated rings. The van der Waals surface area contributed by atoms with Crippen molar-refractivity contribution in [2.24, 2.45) is 0 Å². The van der Waals surface area contributed by atoms with Gasteiger partial charge in [-0.05, 0) is 0 Å². The van der Waals surface area contributed by atoms with Crippen LogP contribution in [0.5, 0.6) is 0 Å². The van der Waals surface area contributed by atoms with Crippen LogP contribution in [-0.2, 0) is 15.1 Å². The summed E-state index contributed by atoms with van der Waals surface area (Å²) in [4.78, 5) is 11.8. The Morgan fingerprint density at radius 3 is 1.31 bits per heavy atom. The van der Waals surface area contributed by atoms with Gasteiger partial charge in [0.2, 0.25) is 0 Å². The van der Waals surface area contributed by atoms with Gasteiger partial charge in [-0.25, -0.2) is 13.6 Å². The molecule has 0 aromatic heterocycles. The van der Waals surface area contributed by atoms with Crippen LogP contribution in [0.4, 0.5) is 39.5 Å². The van der Waals surface area contributed by atoms with Gasteiger partial charge in [-0.1, -0.05) is 55.1 Å². The van der Waals surface area contributed by atoms with E-state index in [1.807, 2.05) is 0 Å². The van der Waals surface area contributed by atoms with E-state index in [4.69, 9.17) is 0 Å². The Hall–Kier alpha value is -3.50. The molecule has 2 rings (SSSR count). The molecule has 2 aromatic carbocycles. The fourth-order valence-electron chi connectivity index (χ4n) is 2.78. The van der Waals surface area contributed by atoms with Crippen LogP contribution in [0.25, 0.3) is 11.7 Å². The molecular weight excluding hydrogens is 455 g/mol. The molecule has 0 aliphatic rings. The minimum absolute atomic E-state index is 0.422. The summed E-state index contributed by atoms with van der Waals surface area (Å²) in [7, 11) is 0. The lowest BCUT2D eigenvalue weighted by Crippen LogP contribution is -2.47. The maximum absolute atomic E-state index is 14.3. The molecule has 0 bridgehead atoms. The van der Waals surface area contributed by atoms with Gasteiger partial charge in [-0.15, -0.1) is 0 Å². The molecule has 2 nitrogen and oxygen atoms in total. The number of carbonyl (C=O) groups excluding carboxylic acids is 1. The van der Waals surface area contributed by atoms with Gasteiger partial charge in [-0.2, -0.15) is 30.7 Å². The number of carbonyl (C=O) groups is 1. The topological polar surface area (TPSA) is 26.3 Å². The van der Waals surface area contributed by atoms with Crippen molar-refractivity contribution in [1.82, 2.24) is 0 Å². The van der Waals surface area contributed by atoms with Gasteiger partial charge in [0.15, 0.2) is 11.7 Å². The first-order valence-electron chi connectivity index (χ1n) is 8.40. The third-order valence-electron chi connectivity index (χ3n) is 4.24. The van der Waals surface area contributed by atoms with Gasteiger partial charge >= 0.3 is 24.3 Å². The number of alkyl halides is 3. The van der Waals surface area contributed by atoms with Crippen LogP contribution in [0.2, 0.25) is 0 Å². The molecule has 2 aromatic rings. The molecule has 0 N–H and O–H groups in total. The molecule has 0 radical (unpaired) electrons. The van der Waals surface area contributed by atoms with Crippen LogP contribution in [0.1, 0.15) is 22.3 Å². The van der Waals surface area contributed by atoms with Crippen LogP contribution in [-0.4, -0.2) is 12.1 Å². The average molecular weight is 466 g/mol. The summed E-state index contributed by atoms with van der Waals surface area (Å²) in [5, 5.41) is 0. The molecule has 0 spiro atoms. The lowest BCUT2D eigenvalue weighted by molar-refractivity contribution is -0.258. The maximum Gasteiger partial charge on any atom is 0.437 e. The third kappa shape index (κ3) is 4.71. The SMILES string of the molecule is C=CC(=O)OC(c1ccc(C(F)=C(F)F)cc1)(c1ccc(C(F)=C(F)F)cc1)C(F)(F)F. The zero-order valence-corrected chi connectivity index (χ0v) is 15.6. The second-order valence-electron chi connectivity index (χ2n) is 6.11. The molecule has 170 valence electrons. The number of ether oxygens (including phenoxy) is 1. The van der Waals surface area contributed by atoms with Crippen LogP contribution >= 0.6 is 0 Å². The van der Waals surface area contributed by atoms with Crippen molar-refractivity contribution in [3.8, 4) is 0 Å². The van der Waals surface area contributed by atoms with E-state index in [2.05, 4.69) is 11.3 Å². The number of hydrogen-bond donors (Lipinski definition) is 0. The second-order valence-corrected chi connectivity index (χ2v) is 6.11. The second kappa shape index (κ2) is 9.33. The Kier molecular flexibility index (Phi) is 7.22. The standard InChI is InChI=1S/C21H11F9O2/c1-2-15(31)32-20(21(28,29)30,13-7-3-11(4-8-13)16(22)18(24)25)14-9-5-12(6-10-14)17(23)19(26)27/h2-10H,1H2. The Labute approximate surface area is 174 Å². The Morgan fingerprint density at radius 1 is 0.719 bits per heavy atom. The molecule has 0 amide bonds. The van der Waals surface area contributed by atoms with Gasteiger partial charge in [-0.3, -0.25) is 0 Å². The van der Waals surface area contributed by atoms with Crippen molar-refractivity contribution in [1.29, 1.82) is 0 Å². The van der Waals surface area contributed by atoms with E-state index in [1.54, 1.807) is 0 Å². The summed E-state index contributed by atoms with van der Waals surface area (Å²) in [5.41, 5.74) is -6.76. The van der Waals surface area contributed by atoms with E-state index < -0.39 is 63.8 Å². The number of benzene rings is 2. The van der Waals surface area contributed by atoms with Crippen molar-refractivity contribution in [3.05, 3.63) is 95.6 Å². The van der Waals surface area contributed by atoms with E-state index in [1.165, 1.54) is 0 Å². The third-order valence-corrected chi connectivity index (χ3v) is 4.24. The van der Waals surface area contributed by atoms with Gasteiger partial charge in [0, 0.05) is 28.3 Å². The number of hydrogen-bond acceptors (Lipinski definition) is 2. The number of esters is 1. The first-order valence-corrected chi connectivity index (χ1v) is 8.40. The highest BCUT2D eigenvalue weighted by Gasteiger charge is 2.60. The highest BCUT2D eigenvalue weighted by atomic mass is 19.4. The van der Waals surface area contributed by atoms with E-state index >= 15 is 0 Å². The van der Waals surface area contributed by atoms with Gasteiger partial charge in [0.25, 0.3) is 5.60 Å². The number of halogens is 9. The molecule has 0 aliphatic carbocycles. The van der Waals surface area contributed by atoms with Crippen LogP contribution in [0, 0.1) is 0 Å². The van der Waals surface area contributed by atoms with Gasteiger partial charge < -0.3 is 4.74 Å². The molecule has 11 heteroatoms. The molecule has 0 saturated carbocycles. The highest BCUT2D eigenvalue weighted by Crippen LogP contribution is 2.48. The molecule has 0 heterocycles. The summed E-state index contributed by atoms with van der Waals surface area (Å²) in [5.74, 6) is -5.49. The smallest absolute Gasteiger partial charge is 0.436 e. The Morgan fingerprint density at radius 2 is 1.06 bits per heavy atom. The molecule has 0 unspecified atom stereocenters. The van der Waals surface area contributed by atoms with Crippen molar-refractivity contribution in [2.75, 3.05) is 0 Å². The summed E-state index contributed by atoms with van der Waals surface area (Å²) in [6.45, 7) is 3.01. The summed E-state index contributed by atoms with van der Waals surface area (Å²) >= 11 is 0. The average Bonchev–Trinajstić information content (AvgIpc) is 2.75. The van der Waals surface area contributed by atoms with Crippen molar-refractivity contribution >= 4 is 17.6 Å². The van der Waals surface area contributed by atoms with E-state index in [-0.39, 0.29) is 0 Å². The van der Waals surface area contributed by atoms with Gasteiger partial charge in [0.05, 0.1) is 0 Å². The van der Waals surface area contributed by atoms with E-state index in [9.17, 15) is 44.3 Å². The Balaban J connectivity index is 2.78. The van der Waals surface area contributed by atoms with Crippen LogP contribution in [0.15, 0.2) is 73.3 Å². The van der Waals surface area contributed by atoms with Crippen molar-refractivity contribution in [3.63, 3.8) is 0 Å². The minimum atomic E-state index is -5.39. The van der Waals surface area contributed by atoms with E-state index in [0.29, 0.717) is 54.6 Å². The normalized spacial score (nSPS) is 11.5. The van der Waals surface area contributed by atoms with Crippen molar-refractivity contribution in [2.45, 2.75) is 11.8 Å². The largest absolute Gasteiger partial charge is 0.437 e. The minimum Gasteiger partial charge on any atom is -0.436 e. The quantitative estimate of drug-likeness (QED) is 0.254. The first-order chi connectivity index (χ1) is 14.8. The molecule has 32 heavy (non-hydrogen) atoms. The number of rotatable bonds is 6. The fraction of sp³-hybridized carbons (Fsp3) is 0.0952. The molecule has 0 atom stereocenters. The van der Waals surface area contributed by atoms with Crippen LogP contribution in [0.3, 0.4) is 0 Å². The molecular formula is C21H11F9O2. The van der Waals surface area contributed by atoms with Crippen molar-refractivity contribution < 1.29 is 49.0 Å². The summed E-state index contributed by atoms with van der Waals surface area (Å²) in [6, 6.07) is 4.77. The summed E-state index contributed by atoms with van der Waals surface area (Å²) in [6.07, 6.45) is -10.4. The molecule has 0 aliphatic heterocycles. The van der Waals surface area contributed by atoms with Gasteiger partial charge in [0.1, 0.15) is 0 Å². The zero-order chi connectivity index (χ0) is 24.3. The maximum atomic E-state index is 14.3. The highest BCUT2D eigenvalue weighted by molar-refractivity contribution is 5.82. The molecule has 0 saturated heterocycles. The zero-order valence-electron chi connectivity index (χ0n) is 15.6. The monoisotopic (exact) mass is 466 g/mol. The van der Waals surface area contributed by atoms with E-state index in [0.717, 1.165) is 0 Å². The van der Waals surface area contributed by atoms with Crippen LogP contribution < -0.4 is 0 Å².